The highest BCUT2D eigenvalue weighted by Crippen LogP contribution is 2.32. The lowest BCUT2D eigenvalue weighted by atomic mass is 10.4. The molecule has 3 heterocycles. The first-order valence-corrected chi connectivity index (χ1v) is 8.54. The van der Waals surface area contributed by atoms with E-state index in [0.717, 1.165) is 17.7 Å². The molecule has 4 rings (SSSR count). The number of thiophene rings is 1. The maximum atomic E-state index is 12.5. The van der Waals surface area contributed by atoms with E-state index in [0.29, 0.717) is 17.2 Å². The van der Waals surface area contributed by atoms with E-state index >= 15 is 0 Å². The van der Waals surface area contributed by atoms with Crippen LogP contribution in [0.3, 0.4) is 0 Å². The Kier molecular flexibility index (Phi) is 4.02. The fourth-order valence-electron chi connectivity index (χ4n) is 2.31. The molecule has 0 saturated heterocycles. The van der Waals surface area contributed by atoms with Gasteiger partial charge < -0.3 is 14.4 Å². The zero-order valence-corrected chi connectivity index (χ0v) is 14.0. The Balaban J connectivity index is 1.50. The lowest BCUT2D eigenvalue weighted by molar-refractivity contribution is -0.159. The molecule has 11 heteroatoms. The first kappa shape index (κ1) is 16.8. The number of rotatable bonds is 5. The van der Waals surface area contributed by atoms with Crippen molar-refractivity contribution < 1.29 is 22.5 Å². The summed E-state index contributed by atoms with van der Waals surface area (Å²) in [6, 6.07) is 3.58. The molecule has 0 aromatic carbocycles. The van der Waals surface area contributed by atoms with E-state index in [1.54, 1.807) is 22.9 Å². The van der Waals surface area contributed by atoms with Crippen LogP contribution in [0.2, 0.25) is 0 Å². The molecule has 0 atom stereocenters. The smallest absolute Gasteiger partial charge is 0.347 e. The summed E-state index contributed by atoms with van der Waals surface area (Å²) in [7, 11) is 0. The fraction of sp³-hybridized carbons (Fsp3) is 0.333. The van der Waals surface area contributed by atoms with Gasteiger partial charge in [-0.05, 0) is 25.0 Å². The van der Waals surface area contributed by atoms with Gasteiger partial charge >= 0.3 is 12.1 Å². The highest BCUT2D eigenvalue weighted by Gasteiger charge is 2.38. The number of hydrogen-bond donors (Lipinski definition) is 1. The molecule has 26 heavy (non-hydrogen) atoms. The van der Waals surface area contributed by atoms with E-state index in [2.05, 4.69) is 25.0 Å². The molecule has 1 saturated carbocycles. The Bertz CT molecular complexity index is 941. The Morgan fingerprint density at radius 2 is 2.19 bits per heavy atom. The summed E-state index contributed by atoms with van der Waals surface area (Å²) in [4.78, 5) is 20.9. The van der Waals surface area contributed by atoms with E-state index in [9.17, 15) is 18.0 Å². The third-order valence-corrected chi connectivity index (χ3v) is 4.77. The van der Waals surface area contributed by atoms with Gasteiger partial charge in [-0.1, -0.05) is 5.16 Å². The van der Waals surface area contributed by atoms with Crippen LogP contribution in [-0.2, 0) is 12.7 Å². The SMILES string of the molecule is O=C(NC1CC1)c1nccn1Cc1ccc(-c2noc(C(F)(F)F)n2)s1. The molecule has 1 aliphatic carbocycles. The highest BCUT2D eigenvalue weighted by atomic mass is 32.1. The lowest BCUT2D eigenvalue weighted by Crippen LogP contribution is -2.28. The second kappa shape index (κ2) is 6.24. The topological polar surface area (TPSA) is 85.8 Å². The largest absolute Gasteiger partial charge is 0.471 e. The Morgan fingerprint density at radius 1 is 1.38 bits per heavy atom. The number of carbonyl (C=O) groups is 1. The van der Waals surface area contributed by atoms with Gasteiger partial charge in [0.25, 0.3) is 5.91 Å². The van der Waals surface area contributed by atoms with Crippen molar-refractivity contribution in [1.82, 2.24) is 25.0 Å². The summed E-state index contributed by atoms with van der Waals surface area (Å²) >= 11 is 1.22. The zero-order chi connectivity index (χ0) is 18.3. The van der Waals surface area contributed by atoms with Crippen LogP contribution in [0.4, 0.5) is 13.2 Å². The van der Waals surface area contributed by atoms with Gasteiger partial charge in [0.05, 0.1) is 11.4 Å². The average Bonchev–Trinajstić information content (AvgIpc) is 3.01. The van der Waals surface area contributed by atoms with Gasteiger partial charge in [-0.15, -0.1) is 11.3 Å². The number of hydrogen-bond acceptors (Lipinski definition) is 6. The molecular weight excluding hydrogens is 371 g/mol. The molecule has 0 bridgehead atoms. The molecule has 0 unspecified atom stereocenters. The third kappa shape index (κ3) is 3.47. The monoisotopic (exact) mass is 383 g/mol. The van der Waals surface area contributed by atoms with Gasteiger partial charge in [-0.3, -0.25) is 4.79 Å². The van der Waals surface area contributed by atoms with Crippen molar-refractivity contribution >= 4 is 17.2 Å². The highest BCUT2D eigenvalue weighted by molar-refractivity contribution is 7.15. The summed E-state index contributed by atoms with van der Waals surface area (Å²) < 4.78 is 43.6. The van der Waals surface area contributed by atoms with Gasteiger partial charge in [0.15, 0.2) is 5.82 Å². The molecule has 1 amide bonds. The first-order valence-electron chi connectivity index (χ1n) is 7.72. The van der Waals surface area contributed by atoms with Crippen molar-refractivity contribution in [3.8, 4) is 10.7 Å². The molecule has 3 aromatic rings. The van der Waals surface area contributed by atoms with Crippen molar-refractivity contribution in [1.29, 1.82) is 0 Å². The minimum Gasteiger partial charge on any atom is -0.347 e. The molecule has 7 nitrogen and oxygen atoms in total. The zero-order valence-electron chi connectivity index (χ0n) is 13.2. The Morgan fingerprint density at radius 3 is 2.88 bits per heavy atom. The third-order valence-electron chi connectivity index (χ3n) is 3.71. The number of amides is 1. The number of carbonyl (C=O) groups excluding carboxylic acids is 1. The second-order valence-electron chi connectivity index (χ2n) is 5.81. The van der Waals surface area contributed by atoms with Crippen LogP contribution in [0.1, 0.15) is 34.2 Å². The summed E-state index contributed by atoms with van der Waals surface area (Å²) in [5.74, 6) is -1.44. The van der Waals surface area contributed by atoms with Crippen LogP contribution in [0, 0.1) is 0 Å². The maximum absolute atomic E-state index is 12.5. The van der Waals surface area contributed by atoms with Crippen LogP contribution >= 0.6 is 11.3 Å². The van der Waals surface area contributed by atoms with Gasteiger partial charge in [-0.2, -0.15) is 18.2 Å². The number of nitrogens with zero attached hydrogens (tertiary/aromatic N) is 4. The first-order chi connectivity index (χ1) is 12.4. The standard InChI is InChI=1S/C15H12F3N5O2S/c16-15(17,18)14-21-11(22-25-14)10-4-3-9(26-10)7-23-6-5-19-12(23)13(24)20-8-1-2-8/h3-6,8H,1-2,7H2,(H,20,24). The fourth-order valence-corrected chi connectivity index (χ4v) is 3.25. The van der Waals surface area contributed by atoms with Crippen LogP contribution in [0.5, 0.6) is 0 Å². The molecule has 0 spiro atoms. The van der Waals surface area contributed by atoms with Gasteiger partial charge in [0, 0.05) is 23.3 Å². The van der Waals surface area contributed by atoms with Crippen molar-refractivity contribution in [2.45, 2.75) is 31.6 Å². The molecule has 136 valence electrons. The minimum atomic E-state index is -4.67. The average molecular weight is 383 g/mol. The van der Waals surface area contributed by atoms with Crippen molar-refractivity contribution in [2.24, 2.45) is 0 Å². The Labute approximate surface area is 148 Å². The van der Waals surface area contributed by atoms with E-state index in [1.165, 1.54) is 17.5 Å². The summed E-state index contributed by atoms with van der Waals surface area (Å²) in [5.41, 5.74) is 0. The maximum Gasteiger partial charge on any atom is 0.471 e. The number of nitrogens with one attached hydrogen (secondary N) is 1. The van der Waals surface area contributed by atoms with Crippen molar-refractivity contribution in [3.05, 3.63) is 41.1 Å². The van der Waals surface area contributed by atoms with Gasteiger partial charge in [0.2, 0.25) is 5.82 Å². The molecular formula is C15H12F3N5O2S. The summed E-state index contributed by atoms with van der Waals surface area (Å²) in [5, 5.41) is 6.24. The predicted octanol–water partition coefficient (Wildman–Crippen LogP) is 2.95. The second-order valence-corrected chi connectivity index (χ2v) is 6.98. The number of halogens is 3. The lowest BCUT2D eigenvalue weighted by Gasteiger charge is -2.06. The van der Waals surface area contributed by atoms with Crippen molar-refractivity contribution in [2.75, 3.05) is 0 Å². The molecule has 0 aliphatic heterocycles. The van der Waals surface area contributed by atoms with Crippen LogP contribution in [0.15, 0.2) is 29.0 Å². The van der Waals surface area contributed by atoms with Gasteiger partial charge in [-0.25, -0.2) is 4.98 Å². The van der Waals surface area contributed by atoms with Crippen LogP contribution < -0.4 is 5.32 Å². The van der Waals surface area contributed by atoms with Gasteiger partial charge in [0.1, 0.15) is 0 Å². The predicted molar refractivity (Wildman–Crippen MR) is 84.4 cm³/mol. The number of alkyl halides is 3. The van der Waals surface area contributed by atoms with E-state index in [-0.39, 0.29) is 17.8 Å². The molecule has 3 aromatic heterocycles. The quantitative estimate of drug-likeness (QED) is 0.732. The molecule has 1 fully saturated rings. The van der Waals surface area contributed by atoms with Crippen molar-refractivity contribution in [3.63, 3.8) is 0 Å². The molecule has 1 N–H and O–H groups in total. The molecule has 1 aliphatic rings. The Hall–Kier alpha value is -2.69. The minimum absolute atomic E-state index is 0.120. The van der Waals surface area contributed by atoms with Crippen LogP contribution in [0.25, 0.3) is 10.7 Å². The normalized spacial score (nSPS) is 14.6. The number of aromatic nitrogens is 4. The summed E-state index contributed by atoms with van der Waals surface area (Å²) in [6.45, 7) is 0.363. The summed E-state index contributed by atoms with van der Waals surface area (Å²) in [6.07, 6.45) is 0.491. The van der Waals surface area contributed by atoms with E-state index in [4.69, 9.17) is 0 Å². The molecule has 0 radical (unpaired) electrons. The number of imidazole rings is 1. The van der Waals surface area contributed by atoms with Crippen LogP contribution in [-0.4, -0.2) is 31.6 Å². The van der Waals surface area contributed by atoms with E-state index in [1.807, 2.05) is 0 Å². The van der Waals surface area contributed by atoms with E-state index < -0.39 is 12.1 Å².